The molecule has 0 aliphatic heterocycles. The van der Waals surface area contributed by atoms with E-state index in [0.717, 1.165) is 32.6 Å². The number of nitrogens with one attached hydrogen (secondary N) is 2. The van der Waals surface area contributed by atoms with Gasteiger partial charge in [0.2, 0.25) is 0 Å². The van der Waals surface area contributed by atoms with Crippen molar-refractivity contribution in [3.63, 3.8) is 0 Å². The number of amides is 1. The predicted molar refractivity (Wildman–Crippen MR) is 122 cm³/mol. The zero-order chi connectivity index (χ0) is 21.4. The molecule has 0 fully saturated rings. The topological polar surface area (TPSA) is 80.2 Å². The molecule has 0 spiro atoms. The Bertz CT molecular complexity index is 1330. The van der Waals surface area contributed by atoms with Crippen LogP contribution in [0.5, 0.6) is 5.75 Å². The molecule has 7 heteroatoms. The number of ether oxygens (including phenoxy) is 1. The number of para-hydroxylation sites is 2. The lowest BCUT2D eigenvalue weighted by molar-refractivity contribution is 0.0915. The first-order valence-corrected chi connectivity index (χ1v) is 11.0. The number of imidazole rings is 1. The van der Waals surface area contributed by atoms with Crippen LogP contribution in [0, 0.1) is 6.92 Å². The number of benzene rings is 2. The first-order valence-electron chi connectivity index (χ1n) is 10.1. The highest BCUT2D eigenvalue weighted by molar-refractivity contribution is 7.10. The normalized spacial score (nSPS) is 12.3. The van der Waals surface area contributed by atoms with Gasteiger partial charge in [0.15, 0.2) is 5.76 Å². The Kier molecular flexibility index (Phi) is 4.95. The molecule has 5 aromatic rings. The highest BCUT2D eigenvalue weighted by atomic mass is 32.1. The third-order valence-electron chi connectivity index (χ3n) is 5.21. The van der Waals surface area contributed by atoms with Gasteiger partial charge in [-0.05, 0) is 55.6 Å². The summed E-state index contributed by atoms with van der Waals surface area (Å²) in [7, 11) is 0. The van der Waals surface area contributed by atoms with E-state index in [-0.39, 0.29) is 5.91 Å². The maximum atomic E-state index is 13.3. The van der Waals surface area contributed by atoms with E-state index in [2.05, 4.69) is 10.3 Å². The molecule has 1 unspecified atom stereocenters. The number of nitrogens with zero attached hydrogens (tertiary/aromatic N) is 1. The summed E-state index contributed by atoms with van der Waals surface area (Å²) < 4.78 is 11.5. The van der Waals surface area contributed by atoms with Gasteiger partial charge in [0, 0.05) is 15.8 Å². The summed E-state index contributed by atoms with van der Waals surface area (Å²) >= 11 is 1.57. The highest BCUT2D eigenvalue weighted by Gasteiger charge is 2.25. The molecule has 2 N–H and O–H groups in total. The van der Waals surface area contributed by atoms with E-state index >= 15 is 0 Å². The number of aryl methyl sites for hydroxylation is 1. The zero-order valence-corrected chi connectivity index (χ0v) is 18.0. The Balaban J connectivity index is 1.51. The molecule has 5 rings (SSSR count). The van der Waals surface area contributed by atoms with Crippen LogP contribution in [-0.4, -0.2) is 22.5 Å². The van der Waals surface area contributed by atoms with Crippen molar-refractivity contribution in [3.05, 3.63) is 82.0 Å². The van der Waals surface area contributed by atoms with Crippen molar-refractivity contribution in [3.8, 4) is 5.75 Å². The Hall–Kier alpha value is -3.58. The molecule has 0 saturated carbocycles. The second-order valence-electron chi connectivity index (χ2n) is 7.21. The first kappa shape index (κ1) is 19.4. The minimum absolute atomic E-state index is 0.287. The second-order valence-corrected chi connectivity index (χ2v) is 8.19. The Labute approximate surface area is 182 Å². The fraction of sp³-hybridized carbons (Fsp3) is 0.167. The van der Waals surface area contributed by atoms with Crippen LogP contribution in [0.4, 0.5) is 0 Å². The van der Waals surface area contributed by atoms with Gasteiger partial charge >= 0.3 is 0 Å². The first-order chi connectivity index (χ1) is 15.1. The highest BCUT2D eigenvalue weighted by Crippen LogP contribution is 2.31. The largest absolute Gasteiger partial charge is 0.494 e. The summed E-state index contributed by atoms with van der Waals surface area (Å²) in [5.41, 5.74) is 3.22. The average Bonchev–Trinajstić information content (AvgIpc) is 3.51. The van der Waals surface area contributed by atoms with Gasteiger partial charge in [-0.2, -0.15) is 0 Å². The van der Waals surface area contributed by atoms with Crippen molar-refractivity contribution in [2.75, 3.05) is 6.61 Å². The van der Waals surface area contributed by atoms with E-state index in [1.54, 1.807) is 11.3 Å². The van der Waals surface area contributed by atoms with E-state index in [1.165, 1.54) is 0 Å². The summed E-state index contributed by atoms with van der Waals surface area (Å²) in [6.07, 6.45) is 0. The second kappa shape index (κ2) is 7.92. The number of H-pyrrole nitrogens is 1. The van der Waals surface area contributed by atoms with Crippen molar-refractivity contribution in [2.24, 2.45) is 0 Å². The summed E-state index contributed by atoms with van der Waals surface area (Å²) in [4.78, 5) is 22.3. The minimum Gasteiger partial charge on any atom is -0.494 e. The van der Waals surface area contributed by atoms with Crippen LogP contribution >= 0.6 is 11.3 Å². The van der Waals surface area contributed by atoms with Crippen LogP contribution < -0.4 is 10.1 Å². The van der Waals surface area contributed by atoms with Crippen LogP contribution in [0.2, 0.25) is 0 Å². The van der Waals surface area contributed by atoms with Gasteiger partial charge in [0.25, 0.3) is 5.91 Å². The van der Waals surface area contributed by atoms with E-state index in [1.807, 2.05) is 73.8 Å². The van der Waals surface area contributed by atoms with Crippen molar-refractivity contribution in [1.29, 1.82) is 0 Å². The molecule has 0 saturated heterocycles. The van der Waals surface area contributed by atoms with Crippen molar-refractivity contribution in [2.45, 2.75) is 19.9 Å². The Morgan fingerprint density at radius 3 is 2.87 bits per heavy atom. The van der Waals surface area contributed by atoms with Gasteiger partial charge in [0.1, 0.15) is 23.2 Å². The molecule has 3 heterocycles. The smallest absolute Gasteiger partial charge is 0.288 e. The third kappa shape index (κ3) is 3.57. The van der Waals surface area contributed by atoms with E-state index < -0.39 is 6.04 Å². The maximum absolute atomic E-state index is 13.3. The number of hydrogen-bond donors (Lipinski definition) is 2. The molecule has 1 amide bonds. The van der Waals surface area contributed by atoms with Crippen LogP contribution in [0.25, 0.3) is 22.0 Å². The minimum atomic E-state index is -0.411. The lowest BCUT2D eigenvalue weighted by Crippen LogP contribution is -2.29. The molecule has 31 heavy (non-hydrogen) atoms. The monoisotopic (exact) mass is 431 g/mol. The van der Waals surface area contributed by atoms with Gasteiger partial charge in [0.05, 0.1) is 17.6 Å². The molecule has 0 bridgehead atoms. The Morgan fingerprint density at radius 2 is 2.10 bits per heavy atom. The SMILES string of the molecule is CCOc1ccc2oc(C(=O)NC(c3nc4ccccc4[nH]3)c3cccs3)c(C)c2c1. The number of furan rings is 1. The molecule has 2 aromatic carbocycles. The van der Waals surface area contributed by atoms with Crippen LogP contribution in [-0.2, 0) is 0 Å². The lowest BCUT2D eigenvalue weighted by atomic mass is 10.1. The summed E-state index contributed by atoms with van der Waals surface area (Å²) in [5.74, 6) is 1.45. The van der Waals surface area contributed by atoms with Crippen LogP contribution in [0.15, 0.2) is 64.4 Å². The number of aromatic amines is 1. The Morgan fingerprint density at radius 1 is 1.23 bits per heavy atom. The fourth-order valence-electron chi connectivity index (χ4n) is 3.71. The quantitative estimate of drug-likeness (QED) is 0.367. The molecule has 0 aliphatic carbocycles. The van der Waals surface area contributed by atoms with Gasteiger partial charge in [-0.3, -0.25) is 4.79 Å². The maximum Gasteiger partial charge on any atom is 0.288 e. The number of rotatable bonds is 6. The van der Waals surface area contributed by atoms with Gasteiger partial charge in [-0.1, -0.05) is 18.2 Å². The molecule has 1 atom stereocenters. The molecular formula is C24H21N3O3S. The van der Waals surface area contributed by atoms with E-state index in [0.29, 0.717) is 23.8 Å². The van der Waals surface area contributed by atoms with Crippen molar-refractivity contribution < 1.29 is 13.9 Å². The van der Waals surface area contributed by atoms with Crippen LogP contribution in [0.3, 0.4) is 0 Å². The summed E-state index contributed by atoms with van der Waals surface area (Å²) in [6.45, 7) is 4.40. The van der Waals surface area contributed by atoms with Gasteiger partial charge in [-0.15, -0.1) is 11.3 Å². The number of carbonyl (C=O) groups is 1. The lowest BCUT2D eigenvalue weighted by Gasteiger charge is -2.14. The van der Waals surface area contributed by atoms with Gasteiger partial charge in [-0.25, -0.2) is 4.98 Å². The number of aromatic nitrogens is 2. The third-order valence-corrected chi connectivity index (χ3v) is 6.15. The van der Waals surface area contributed by atoms with Gasteiger partial charge < -0.3 is 19.5 Å². The number of hydrogen-bond acceptors (Lipinski definition) is 5. The van der Waals surface area contributed by atoms with Crippen molar-refractivity contribution in [1.82, 2.24) is 15.3 Å². The number of fused-ring (bicyclic) bond motifs is 2. The van der Waals surface area contributed by atoms with Crippen LogP contribution in [0.1, 0.15) is 39.8 Å². The molecule has 0 radical (unpaired) electrons. The molecule has 0 aliphatic rings. The standard InChI is InChI=1S/C24H21N3O3S/c1-3-29-15-10-11-19-16(13-15)14(2)22(30-19)24(28)27-21(20-9-6-12-31-20)23-25-17-7-4-5-8-18(17)26-23/h4-13,21H,3H2,1-2H3,(H,25,26)(H,27,28). The van der Waals surface area contributed by atoms with Crippen molar-refractivity contribution >= 4 is 39.2 Å². The average molecular weight is 432 g/mol. The zero-order valence-electron chi connectivity index (χ0n) is 17.1. The number of carbonyl (C=O) groups excluding carboxylic acids is 1. The van der Waals surface area contributed by atoms with E-state index in [4.69, 9.17) is 14.1 Å². The molecular weight excluding hydrogens is 410 g/mol. The molecule has 156 valence electrons. The summed E-state index contributed by atoms with van der Waals surface area (Å²) in [5, 5.41) is 5.96. The molecule has 3 aromatic heterocycles. The summed E-state index contributed by atoms with van der Waals surface area (Å²) in [6, 6.07) is 16.9. The number of thiophene rings is 1. The molecule has 6 nitrogen and oxygen atoms in total. The predicted octanol–water partition coefficient (Wildman–Crippen LogP) is 5.60. The fourth-order valence-corrected chi connectivity index (χ4v) is 4.49. The van der Waals surface area contributed by atoms with E-state index in [9.17, 15) is 4.79 Å².